The van der Waals surface area contributed by atoms with Gasteiger partial charge in [0.05, 0.1) is 24.9 Å². The van der Waals surface area contributed by atoms with Crippen LogP contribution >= 0.6 is 0 Å². The summed E-state index contributed by atoms with van der Waals surface area (Å²) < 4.78 is 5.14. The molecule has 1 aromatic rings. The van der Waals surface area contributed by atoms with Crippen molar-refractivity contribution in [2.45, 2.75) is 45.6 Å². The molecule has 0 saturated carbocycles. The lowest BCUT2D eigenvalue weighted by Crippen LogP contribution is -2.41. The molecule has 1 aliphatic heterocycles. The van der Waals surface area contributed by atoms with Crippen LogP contribution in [0, 0.1) is 0 Å². The Balaban J connectivity index is 2.24. The molecule has 0 unspecified atom stereocenters. The summed E-state index contributed by atoms with van der Waals surface area (Å²) in [6, 6.07) is 2.47. The van der Waals surface area contributed by atoms with Gasteiger partial charge in [0, 0.05) is 11.1 Å². The van der Waals surface area contributed by atoms with Crippen LogP contribution in [-0.4, -0.2) is 29.2 Å². The second-order valence-electron chi connectivity index (χ2n) is 5.55. The molecule has 0 atom stereocenters. The highest BCUT2D eigenvalue weighted by atomic mass is 16.5. The third kappa shape index (κ3) is 2.94. The maximum atomic E-state index is 5.14. The SMILES string of the molecule is CCc1cc(C(C)(C)C)nc(NC2COC2)n1. The number of aryl methyl sites for hydroxylation is 1. The molecular formula is C13H21N3O. The van der Waals surface area contributed by atoms with E-state index in [1.54, 1.807) is 0 Å². The minimum Gasteiger partial charge on any atom is -0.377 e. The number of aromatic nitrogens is 2. The number of hydrogen-bond acceptors (Lipinski definition) is 4. The Bertz CT molecular complexity index is 394. The maximum Gasteiger partial charge on any atom is 0.223 e. The van der Waals surface area contributed by atoms with Gasteiger partial charge in [-0.2, -0.15) is 0 Å². The van der Waals surface area contributed by atoms with Crippen LogP contribution in [0.3, 0.4) is 0 Å². The Morgan fingerprint density at radius 2 is 2.06 bits per heavy atom. The first-order chi connectivity index (χ1) is 7.99. The van der Waals surface area contributed by atoms with Gasteiger partial charge < -0.3 is 10.1 Å². The molecule has 1 N–H and O–H groups in total. The summed E-state index contributed by atoms with van der Waals surface area (Å²) in [6.45, 7) is 10.1. The molecule has 1 aromatic heterocycles. The minimum absolute atomic E-state index is 0.0550. The van der Waals surface area contributed by atoms with E-state index in [4.69, 9.17) is 4.74 Å². The van der Waals surface area contributed by atoms with Gasteiger partial charge in [-0.3, -0.25) is 0 Å². The first-order valence-corrected chi connectivity index (χ1v) is 6.21. The fourth-order valence-corrected chi connectivity index (χ4v) is 1.63. The van der Waals surface area contributed by atoms with Crippen molar-refractivity contribution in [2.24, 2.45) is 0 Å². The van der Waals surface area contributed by atoms with Crippen molar-refractivity contribution in [2.75, 3.05) is 18.5 Å². The number of nitrogens with one attached hydrogen (secondary N) is 1. The van der Waals surface area contributed by atoms with Gasteiger partial charge in [0.15, 0.2) is 0 Å². The van der Waals surface area contributed by atoms with Crippen molar-refractivity contribution in [3.63, 3.8) is 0 Å². The van der Waals surface area contributed by atoms with Crippen molar-refractivity contribution in [1.82, 2.24) is 9.97 Å². The van der Waals surface area contributed by atoms with Crippen molar-refractivity contribution in [3.05, 3.63) is 17.5 Å². The first-order valence-electron chi connectivity index (χ1n) is 6.21. The molecule has 0 radical (unpaired) electrons. The lowest BCUT2D eigenvalue weighted by molar-refractivity contribution is 0.0207. The summed E-state index contributed by atoms with van der Waals surface area (Å²) >= 11 is 0. The Kier molecular flexibility index (Phi) is 3.33. The van der Waals surface area contributed by atoms with Crippen LogP contribution < -0.4 is 5.32 Å². The third-order valence-corrected chi connectivity index (χ3v) is 2.88. The molecule has 2 rings (SSSR count). The quantitative estimate of drug-likeness (QED) is 0.872. The Labute approximate surface area is 103 Å². The van der Waals surface area contributed by atoms with E-state index in [0.717, 1.165) is 37.0 Å². The molecule has 0 amide bonds. The van der Waals surface area contributed by atoms with E-state index in [1.165, 1.54) is 0 Å². The van der Waals surface area contributed by atoms with Crippen LogP contribution in [-0.2, 0) is 16.6 Å². The molecule has 0 bridgehead atoms. The number of hydrogen-bond donors (Lipinski definition) is 1. The van der Waals surface area contributed by atoms with Crippen LogP contribution in [0.5, 0.6) is 0 Å². The van der Waals surface area contributed by atoms with Gasteiger partial charge in [0.1, 0.15) is 0 Å². The lowest BCUT2D eigenvalue weighted by Gasteiger charge is -2.27. The van der Waals surface area contributed by atoms with E-state index >= 15 is 0 Å². The zero-order valence-corrected chi connectivity index (χ0v) is 11.1. The summed E-state index contributed by atoms with van der Waals surface area (Å²) in [7, 11) is 0. The molecule has 94 valence electrons. The van der Waals surface area contributed by atoms with E-state index in [2.05, 4.69) is 49.0 Å². The van der Waals surface area contributed by atoms with E-state index in [-0.39, 0.29) is 5.41 Å². The van der Waals surface area contributed by atoms with Crippen LogP contribution in [0.2, 0.25) is 0 Å². The summed E-state index contributed by atoms with van der Waals surface area (Å²) in [5, 5.41) is 3.32. The zero-order valence-electron chi connectivity index (χ0n) is 11.1. The highest BCUT2D eigenvalue weighted by Gasteiger charge is 2.21. The fraction of sp³-hybridized carbons (Fsp3) is 0.692. The summed E-state index contributed by atoms with van der Waals surface area (Å²) in [6.07, 6.45) is 0.932. The normalized spacial score (nSPS) is 16.7. The van der Waals surface area contributed by atoms with Crippen LogP contribution in [0.15, 0.2) is 6.07 Å². The van der Waals surface area contributed by atoms with Gasteiger partial charge in [-0.1, -0.05) is 27.7 Å². The smallest absolute Gasteiger partial charge is 0.223 e. The lowest BCUT2D eigenvalue weighted by atomic mass is 9.91. The Morgan fingerprint density at radius 1 is 1.35 bits per heavy atom. The monoisotopic (exact) mass is 235 g/mol. The van der Waals surface area contributed by atoms with Gasteiger partial charge in [-0.05, 0) is 12.5 Å². The van der Waals surface area contributed by atoms with E-state index in [9.17, 15) is 0 Å². The number of anilines is 1. The van der Waals surface area contributed by atoms with Crippen molar-refractivity contribution in [1.29, 1.82) is 0 Å². The average Bonchev–Trinajstić information content (AvgIpc) is 2.22. The molecule has 0 aliphatic carbocycles. The number of ether oxygens (including phenoxy) is 1. The van der Waals surface area contributed by atoms with E-state index < -0.39 is 0 Å². The van der Waals surface area contributed by atoms with Gasteiger partial charge in [-0.25, -0.2) is 9.97 Å². The summed E-state index contributed by atoms with van der Waals surface area (Å²) in [4.78, 5) is 9.11. The molecule has 1 aliphatic rings. The molecular weight excluding hydrogens is 214 g/mol. The summed E-state index contributed by atoms with van der Waals surface area (Å²) in [5.41, 5.74) is 2.24. The van der Waals surface area contributed by atoms with E-state index in [0.29, 0.717) is 6.04 Å². The number of rotatable bonds is 3. The van der Waals surface area contributed by atoms with Gasteiger partial charge in [0.25, 0.3) is 0 Å². The molecule has 0 spiro atoms. The van der Waals surface area contributed by atoms with Gasteiger partial charge >= 0.3 is 0 Å². The molecule has 1 saturated heterocycles. The first kappa shape index (κ1) is 12.3. The van der Waals surface area contributed by atoms with Crippen molar-refractivity contribution < 1.29 is 4.74 Å². The zero-order chi connectivity index (χ0) is 12.5. The molecule has 0 aromatic carbocycles. The maximum absolute atomic E-state index is 5.14. The van der Waals surface area contributed by atoms with E-state index in [1.807, 2.05) is 0 Å². The van der Waals surface area contributed by atoms with Crippen molar-refractivity contribution >= 4 is 5.95 Å². The van der Waals surface area contributed by atoms with Crippen LogP contribution in [0.1, 0.15) is 39.1 Å². The fourth-order valence-electron chi connectivity index (χ4n) is 1.63. The van der Waals surface area contributed by atoms with Gasteiger partial charge in [0.2, 0.25) is 5.95 Å². The molecule has 4 nitrogen and oxygen atoms in total. The average molecular weight is 235 g/mol. The predicted octanol–water partition coefficient (Wildman–Crippen LogP) is 2.15. The molecule has 2 heterocycles. The number of nitrogens with zero attached hydrogens (tertiary/aromatic N) is 2. The minimum atomic E-state index is 0.0550. The Hall–Kier alpha value is -1.16. The molecule has 17 heavy (non-hydrogen) atoms. The second kappa shape index (κ2) is 4.61. The second-order valence-corrected chi connectivity index (χ2v) is 5.55. The molecule has 1 fully saturated rings. The Morgan fingerprint density at radius 3 is 2.53 bits per heavy atom. The largest absolute Gasteiger partial charge is 0.377 e. The summed E-state index contributed by atoms with van der Waals surface area (Å²) in [5.74, 6) is 0.738. The highest BCUT2D eigenvalue weighted by Crippen LogP contribution is 2.22. The standard InChI is InChI=1S/C13H21N3O/c1-5-9-6-11(13(2,3)4)16-12(14-9)15-10-7-17-8-10/h6,10H,5,7-8H2,1-4H3,(H,14,15,16). The topological polar surface area (TPSA) is 47.0 Å². The highest BCUT2D eigenvalue weighted by molar-refractivity contribution is 5.32. The van der Waals surface area contributed by atoms with Crippen LogP contribution in [0.4, 0.5) is 5.95 Å². The van der Waals surface area contributed by atoms with Crippen molar-refractivity contribution in [3.8, 4) is 0 Å². The third-order valence-electron chi connectivity index (χ3n) is 2.88. The van der Waals surface area contributed by atoms with Crippen LogP contribution in [0.25, 0.3) is 0 Å². The predicted molar refractivity (Wildman–Crippen MR) is 68.3 cm³/mol. The van der Waals surface area contributed by atoms with Gasteiger partial charge in [-0.15, -0.1) is 0 Å². The molecule has 4 heteroatoms.